The first-order valence-corrected chi connectivity index (χ1v) is 11.6. The van der Waals surface area contributed by atoms with Crippen LogP contribution in [0.1, 0.15) is 21.6 Å². The summed E-state index contributed by atoms with van der Waals surface area (Å²) in [5.41, 5.74) is 1.88. The number of carbonyl (C=O) groups excluding carboxylic acids is 1. The Morgan fingerprint density at radius 3 is 2.84 bits per heavy atom. The van der Waals surface area contributed by atoms with Crippen LogP contribution in [0.2, 0.25) is 0 Å². The Hall–Kier alpha value is -3.02. The molecule has 4 rings (SSSR count). The molecule has 0 bridgehead atoms. The lowest BCUT2D eigenvalue weighted by molar-refractivity contribution is -0.387. The largest absolute Gasteiger partial charge is 0.378 e. The van der Waals surface area contributed by atoms with Gasteiger partial charge in [0.1, 0.15) is 5.82 Å². The number of rotatable bonds is 7. The second-order valence-corrected chi connectivity index (χ2v) is 9.25. The molecule has 0 unspecified atom stereocenters. The molecule has 1 aliphatic rings. The summed E-state index contributed by atoms with van der Waals surface area (Å²) in [7, 11) is 0. The molecule has 1 aliphatic heterocycles. The van der Waals surface area contributed by atoms with Gasteiger partial charge in [-0.1, -0.05) is 11.8 Å². The molecule has 0 atom stereocenters. The summed E-state index contributed by atoms with van der Waals surface area (Å²) in [6.45, 7) is 5.04. The van der Waals surface area contributed by atoms with Crippen molar-refractivity contribution in [2.75, 3.05) is 31.2 Å². The van der Waals surface area contributed by atoms with Gasteiger partial charge in [-0.3, -0.25) is 14.9 Å². The van der Waals surface area contributed by atoms with Crippen LogP contribution in [-0.2, 0) is 11.3 Å². The molecule has 0 aliphatic carbocycles. The van der Waals surface area contributed by atoms with Crippen LogP contribution >= 0.6 is 23.1 Å². The molecule has 1 amide bonds. The molecule has 0 radical (unpaired) electrons. The molecule has 11 heteroatoms. The van der Waals surface area contributed by atoms with Crippen LogP contribution in [0.25, 0.3) is 0 Å². The van der Waals surface area contributed by atoms with Crippen LogP contribution in [0.4, 0.5) is 11.5 Å². The fourth-order valence-corrected chi connectivity index (χ4v) is 5.06. The quantitative estimate of drug-likeness (QED) is 0.410. The maximum Gasteiger partial charge on any atom is 0.284 e. The van der Waals surface area contributed by atoms with E-state index < -0.39 is 4.92 Å². The highest BCUT2D eigenvalue weighted by Gasteiger charge is 2.20. The van der Waals surface area contributed by atoms with Gasteiger partial charge in [0.2, 0.25) is 0 Å². The SMILES string of the molecule is Cc1csc(Sc2ccc(C(=O)NCc3ccnc(N4CCOCC4)c3)cc2[N+](=O)[O-])n1. The molecule has 0 saturated carbocycles. The van der Waals surface area contributed by atoms with Crippen molar-refractivity contribution in [3.05, 3.63) is 68.8 Å². The highest BCUT2D eigenvalue weighted by atomic mass is 32.2. The number of nitro benzene ring substituents is 1. The smallest absolute Gasteiger partial charge is 0.284 e. The van der Waals surface area contributed by atoms with Crippen molar-refractivity contribution in [2.24, 2.45) is 0 Å². The zero-order chi connectivity index (χ0) is 22.5. The molecule has 2 aromatic heterocycles. The Morgan fingerprint density at radius 1 is 1.31 bits per heavy atom. The standard InChI is InChI=1S/C21H21N5O4S2/c1-14-13-31-21(24-14)32-18-3-2-16(11-17(18)26(28)29)20(27)23-12-15-4-5-22-19(10-15)25-6-8-30-9-7-25/h2-5,10-11,13H,6-9,12H2,1H3,(H,23,27). The summed E-state index contributed by atoms with van der Waals surface area (Å²) >= 11 is 2.65. The summed E-state index contributed by atoms with van der Waals surface area (Å²) in [6, 6.07) is 8.27. The Bertz CT molecular complexity index is 1130. The molecular weight excluding hydrogens is 450 g/mol. The lowest BCUT2D eigenvalue weighted by atomic mass is 10.1. The third-order valence-electron chi connectivity index (χ3n) is 4.81. The third kappa shape index (κ3) is 5.42. The van der Waals surface area contributed by atoms with Gasteiger partial charge >= 0.3 is 0 Å². The van der Waals surface area contributed by atoms with Crippen LogP contribution in [0.15, 0.2) is 51.1 Å². The zero-order valence-electron chi connectivity index (χ0n) is 17.3. The first-order valence-electron chi connectivity index (χ1n) is 9.94. The fraction of sp³-hybridized carbons (Fsp3) is 0.286. The topological polar surface area (TPSA) is 110 Å². The number of aryl methyl sites for hydroxylation is 1. The van der Waals surface area contributed by atoms with Crippen molar-refractivity contribution in [1.82, 2.24) is 15.3 Å². The molecule has 3 heterocycles. The number of amides is 1. The Kier molecular flexibility index (Phi) is 6.98. The monoisotopic (exact) mass is 471 g/mol. The number of anilines is 1. The van der Waals surface area contributed by atoms with E-state index in [2.05, 4.69) is 20.2 Å². The minimum atomic E-state index is -0.475. The van der Waals surface area contributed by atoms with Crippen molar-refractivity contribution >= 4 is 40.5 Å². The predicted octanol–water partition coefficient (Wildman–Crippen LogP) is 3.67. The van der Waals surface area contributed by atoms with Crippen molar-refractivity contribution in [1.29, 1.82) is 0 Å². The van der Waals surface area contributed by atoms with E-state index in [9.17, 15) is 14.9 Å². The Morgan fingerprint density at radius 2 is 2.12 bits per heavy atom. The average molecular weight is 472 g/mol. The van der Waals surface area contributed by atoms with Crippen molar-refractivity contribution in [3.8, 4) is 0 Å². The average Bonchev–Trinajstić information content (AvgIpc) is 3.22. The van der Waals surface area contributed by atoms with E-state index in [1.165, 1.54) is 29.2 Å². The van der Waals surface area contributed by atoms with Crippen LogP contribution in [0.5, 0.6) is 0 Å². The number of nitrogens with one attached hydrogen (secondary N) is 1. The van der Waals surface area contributed by atoms with Crippen molar-refractivity contribution < 1.29 is 14.5 Å². The van der Waals surface area contributed by atoms with Gasteiger partial charge in [-0.25, -0.2) is 9.97 Å². The number of ether oxygens (including phenoxy) is 1. The van der Waals surface area contributed by atoms with Crippen LogP contribution < -0.4 is 10.2 Å². The number of hydrogen-bond acceptors (Lipinski definition) is 9. The molecule has 0 spiro atoms. The van der Waals surface area contributed by atoms with Gasteiger partial charge in [-0.2, -0.15) is 0 Å². The third-order valence-corrected chi connectivity index (χ3v) is 6.93. The van der Waals surface area contributed by atoms with Gasteiger partial charge < -0.3 is 15.0 Å². The number of nitrogens with zero attached hydrogens (tertiary/aromatic N) is 4. The van der Waals surface area contributed by atoms with Crippen LogP contribution in [0.3, 0.4) is 0 Å². The summed E-state index contributed by atoms with van der Waals surface area (Å²) in [4.78, 5) is 35.1. The van der Waals surface area contributed by atoms with E-state index in [1.807, 2.05) is 24.4 Å². The summed E-state index contributed by atoms with van der Waals surface area (Å²) in [6.07, 6.45) is 1.71. The van der Waals surface area contributed by atoms with E-state index >= 15 is 0 Å². The number of benzene rings is 1. The van der Waals surface area contributed by atoms with Crippen LogP contribution in [0, 0.1) is 17.0 Å². The first-order chi connectivity index (χ1) is 15.5. The minimum absolute atomic E-state index is 0.117. The van der Waals surface area contributed by atoms with E-state index in [4.69, 9.17) is 4.74 Å². The predicted molar refractivity (Wildman–Crippen MR) is 123 cm³/mol. The Labute approximate surface area is 193 Å². The molecule has 1 fully saturated rings. The molecular formula is C21H21N5O4S2. The molecule has 166 valence electrons. The lowest BCUT2D eigenvalue weighted by Crippen LogP contribution is -2.36. The number of carbonyl (C=O) groups is 1. The van der Waals surface area contributed by atoms with Gasteiger partial charge in [0.25, 0.3) is 11.6 Å². The van der Waals surface area contributed by atoms with E-state index in [0.29, 0.717) is 24.7 Å². The van der Waals surface area contributed by atoms with Crippen molar-refractivity contribution in [2.45, 2.75) is 22.7 Å². The van der Waals surface area contributed by atoms with E-state index in [1.54, 1.807) is 18.3 Å². The number of morpholine rings is 1. The van der Waals surface area contributed by atoms with Crippen LogP contribution in [-0.4, -0.2) is 47.1 Å². The highest BCUT2D eigenvalue weighted by Crippen LogP contribution is 2.36. The number of thiazole rings is 1. The fourth-order valence-electron chi connectivity index (χ4n) is 3.18. The van der Waals surface area contributed by atoms with Crippen molar-refractivity contribution in [3.63, 3.8) is 0 Å². The zero-order valence-corrected chi connectivity index (χ0v) is 18.9. The van der Waals surface area contributed by atoms with E-state index in [-0.39, 0.29) is 17.2 Å². The second kappa shape index (κ2) is 10.1. The van der Waals surface area contributed by atoms with Gasteiger partial charge in [0.05, 0.1) is 23.0 Å². The maximum absolute atomic E-state index is 12.7. The molecule has 1 N–H and O–H groups in total. The molecule has 32 heavy (non-hydrogen) atoms. The lowest BCUT2D eigenvalue weighted by Gasteiger charge is -2.28. The second-order valence-electron chi connectivity index (χ2n) is 7.10. The normalized spacial score (nSPS) is 13.7. The van der Waals surface area contributed by atoms with Gasteiger partial charge in [0, 0.05) is 48.5 Å². The van der Waals surface area contributed by atoms with Gasteiger partial charge in [0.15, 0.2) is 4.34 Å². The molecule has 3 aromatic rings. The number of nitro groups is 1. The summed E-state index contributed by atoms with van der Waals surface area (Å²) in [5.74, 6) is 0.467. The molecule has 1 saturated heterocycles. The minimum Gasteiger partial charge on any atom is -0.378 e. The highest BCUT2D eigenvalue weighted by molar-refractivity contribution is 8.01. The first kappa shape index (κ1) is 22.2. The summed E-state index contributed by atoms with van der Waals surface area (Å²) in [5, 5.41) is 16.3. The van der Waals surface area contributed by atoms with Gasteiger partial charge in [-0.15, -0.1) is 11.3 Å². The molecule has 9 nitrogen and oxygen atoms in total. The molecule has 1 aromatic carbocycles. The Balaban J connectivity index is 1.44. The number of hydrogen-bond donors (Lipinski definition) is 1. The summed E-state index contributed by atoms with van der Waals surface area (Å²) < 4.78 is 6.09. The number of aromatic nitrogens is 2. The van der Waals surface area contributed by atoms with E-state index in [0.717, 1.165) is 34.5 Å². The maximum atomic E-state index is 12.7. The number of pyridine rings is 1. The van der Waals surface area contributed by atoms with Gasteiger partial charge in [-0.05, 0) is 36.8 Å².